The topological polar surface area (TPSA) is 66.8 Å². The first kappa shape index (κ1) is 10.5. The number of terminal acetylenes is 1. The van der Waals surface area contributed by atoms with E-state index in [-0.39, 0.29) is 18.9 Å². The molecular weight excluding hydrogens is 186 g/mol. The van der Waals surface area contributed by atoms with Crippen LogP contribution in [-0.2, 0) is 14.3 Å². The fourth-order valence-electron chi connectivity index (χ4n) is 1.34. The van der Waals surface area contributed by atoms with E-state index in [1.54, 1.807) is 0 Å². The predicted octanol–water partition coefficient (Wildman–Crippen LogP) is -0.898. The average Bonchev–Trinajstić information content (AvgIpc) is 2.32. The maximum absolute atomic E-state index is 11.2. The lowest BCUT2D eigenvalue weighted by Crippen LogP contribution is -2.38. The van der Waals surface area contributed by atoms with E-state index in [1.807, 2.05) is 0 Å². The summed E-state index contributed by atoms with van der Waals surface area (Å²) in [6.45, 7) is 1.25. The van der Waals surface area contributed by atoms with Crippen molar-refractivity contribution in [2.24, 2.45) is 0 Å². The van der Waals surface area contributed by atoms with Gasteiger partial charge in [-0.25, -0.2) is 0 Å². The zero-order valence-electron chi connectivity index (χ0n) is 7.77. The van der Waals surface area contributed by atoms with E-state index in [9.17, 15) is 14.7 Å². The van der Waals surface area contributed by atoms with Gasteiger partial charge in [0.1, 0.15) is 0 Å². The number of nitrogens with zero attached hydrogens (tertiary/aromatic N) is 1. The van der Waals surface area contributed by atoms with Gasteiger partial charge in [-0.15, -0.1) is 6.42 Å². The van der Waals surface area contributed by atoms with Gasteiger partial charge in [-0.2, -0.15) is 0 Å². The highest BCUT2D eigenvalue weighted by atomic mass is 16.6. The molecule has 1 heterocycles. The third-order valence-corrected chi connectivity index (χ3v) is 1.93. The van der Waals surface area contributed by atoms with Crippen LogP contribution >= 0.6 is 0 Å². The van der Waals surface area contributed by atoms with Crippen LogP contribution in [0, 0.1) is 12.3 Å². The molecule has 14 heavy (non-hydrogen) atoms. The molecule has 0 spiro atoms. The lowest BCUT2D eigenvalue weighted by molar-refractivity contribution is -0.154. The zero-order valence-corrected chi connectivity index (χ0v) is 7.77. The van der Waals surface area contributed by atoms with Crippen LogP contribution in [0.5, 0.6) is 0 Å². The average molecular weight is 197 g/mol. The minimum Gasteiger partial charge on any atom is -0.457 e. The van der Waals surface area contributed by atoms with Gasteiger partial charge in [-0.05, 0) is 0 Å². The molecule has 1 saturated heterocycles. The normalized spacial score (nSPS) is 26.1. The molecule has 1 unspecified atom stereocenters. The number of carbonyl (C=O) groups is 2. The summed E-state index contributed by atoms with van der Waals surface area (Å²) in [6, 6.07) is 0. The molecule has 1 aliphatic rings. The molecule has 1 rings (SSSR count). The summed E-state index contributed by atoms with van der Waals surface area (Å²) in [4.78, 5) is 23.0. The quantitative estimate of drug-likeness (QED) is 0.460. The maximum Gasteiger partial charge on any atom is 0.303 e. The number of hydrogen-bond acceptors (Lipinski definition) is 4. The van der Waals surface area contributed by atoms with Crippen LogP contribution in [0.2, 0.25) is 0 Å². The van der Waals surface area contributed by atoms with E-state index in [4.69, 9.17) is 11.2 Å². The van der Waals surface area contributed by atoms with Crippen LogP contribution < -0.4 is 0 Å². The van der Waals surface area contributed by atoms with Gasteiger partial charge in [-0.1, -0.05) is 5.92 Å². The van der Waals surface area contributed by atoms with Crippen LogP contribution in [-0.4, -0.2) is 40.8 Å². The first-order valence-corrected chi connectivity index (χ1v) is 4.14. The second kappa shape index (κ2) is 4.11. The SMILES string of the molecule is C#CCN1C(=O)C[C@@H](OC(C)=O)C1O. The van der Waals surface area contributed by atoms with Crippen LogP contribution in [0.4, 0.5) is 0 Å². The Bertz CT molecular complexity index is 294. The summed E-state index contributed by atoms with van der Waals surface area (Å²) in [5.41, 5.74) is 0. The summed E-state index contributed by atoms with van der Waals surface area (Å²) < 4.78 is 4.75. The number of carbonyl (C=O) groups excluding carboxylic acids is 2. The molecule has 0 saturated carbocycles. The van der Waals surface area contributed by atoms with E-state index in [0.29, 0.717) is 0 Å². The highest BCUT2D eigenvalue weighted by Crippen LogP contribution is 2.19. The van der Waals surface area contributed by atoms with Gasteiger partial charge >= 0.3 is 5.97 Å². The van der Waals surface area contributed by atoms with Gasteiger partial charge in [0.2, 0.25) is 5.91 Å². The fraction of sp³-hybridized carbons (Fsp3) is 0.556. The van der Waals surface area contributed by atoms with Crippen molar-refractivity contribution in [3.8, 4) is 12.3 Å². The third-order valence-electron chi connectivity index (χ3n) is 1.93. The molecule has 2 atom stereocenters. The van der Waals surface area contributed by atoms with Gasteiger partial charge in [-0.3, -0.25) is 9.59 Å². The number of aliphatic hydroxyl groups excluding tert-OH is 1. The highest BCUT2D eigenvalue weighted by molar-refractivity contribution is 5.80. The van der Waals surface area contributed by atoms with Gasteiger partial charge in [0.15, 0.2) is 12.3 Å². The molecule has 1 N–H and O–H groups in total. The number of rotatable bonds is 2. The minimum atomic E-state index is -1.12. The maximum atomic E-state index is 11.2. The highest BCUT2D eigenvalue weighted by Gasteiger charge is 2.40. The molecule has 1 amide bonds. The van der Waals surface area contributed by atoms with Gasteiger partial charge in [0.25, 0.3) is 0 Å². The Morgan fingerprint density at radius 1 is 1.86 bits per heavy atom. The first-order valence-electron chi connectivity index (χ1n) is 4.14. The number of aliphatic hydroxyl groups is 1. The van der Waals surface area contributed by atoms with E-state index in [1.165, 1.54) is 6.92 Å². The second-order valence-electron chi connectivity index (χ2n) is 2.99. The van der Waals surface area contributed by atoms with E-state index >= 15 is 0 Å². The summed E-state index contributed by atoms with van der Waals surface area (Å²) in [6.07, 6.45) is 3.08. The molecule has 5 nitrogen and oxygen atoms in total. The van der Waals surface area contributed by atoms with E-state index in [0.717, 1.165) is 4.90 Å². The summed E-state index contributed by atoms with van der Waals surface area (Å²) >= 11 is 0. The largest absolute Gasteiger partial charge is 0.457 e. The van der Waals surface area contributed by atoms with Gasteiger partial charge in [0, 0.05) is 6.92 Å². The Balaban J connectivity index is 2.64. The monoisotopic (exact) mass is 197 g/mol. The van der Waals surface area contributed by atoms with Crippen molar-refractivity contribution in [3.05, 3.63) is 0 Å². The molecule has 0 aromatic rings. The summed E-state index contributed by atoms with van der Waals surface area (Å²) in [5.74, 6) is 1.42. The van der Waals surface area contributed by atoms with Crippen molar-refractivity contribution in [2.75, 3.05) is 6.54 Å². The summed E-state index contributed by atoms with van der Waals surface area (Å²) in [5, 5.41) is 9.53. The summed E-state index contributed by atoms with van der Waals surface area (Å²) in [7, 11) is 0. The first-order chi connectivity index (χ1) is 6.56. The van der Waals surface area contributed by atoms with E-state index in [2.05, 4.69) is 5.92 Å². The molecule has 5 heteroatoms. The zero-order chi connectivity index (χ0) is 10.7. The molecule has 1 aliphatic heterocycles. The number of ether oxygens (including phenoxy) is 1. The molecule has 0 radical (unpaired) electrons. The molecule has 0 aliphatic carbocycles. The lowest BCUT2D eigenvalue weighted by Gasteiger charge is -2.20. The van der Waals surface area contributed by atoms with Crippen LogP contribution in [0.25, 0.3) is 0 Å². The second-order valence-corrected chi connectivity index (χ2v) is 2.99. The molecule has 76 valence electrons. The molecule has 0 bridgehead atoms. The number of hydrogen-bond donors (Lipinski definition) is 1. The molecule has 1 fully saturated rings. The Labute approximate surface area is 81.6 Å². The van der Waals surface area contributed by atoms with Gasteiger partial charge < -0.3 is 14.7 Å². The van der Waals surface area contributed by atoms with Crippen molar-refractivity contribution in [1.82, 2.24) is 4.90 Å². The van der Waals surface area contributed by atoms with Crippen molar-refractivity contribution in [1.29, 1.82) is 0 Å². The van der Waals surface area contributed by atoms with E-state index < -0.39 is 18.3 Å². The van der Waals surface area contributed by atoms with Crippen molar-refractivity contribution in [3.63, 3.8) is 0 Å². The van der Waals surface area contributed by atoms with Crippen LogP contribution in [0.1, 0.15) is 13.3 Å². The molecule has 0 aromatic heterocycles. The van der Waals surface area contributed by atoms with Crippen LogP contribution in [0.15, 0.2) is 0 Å². The Morgan fingerprint density at radius 3 is 3.00 bits per heavy atom. The Morgan fingerprint density at radius 2 is 2.50 bits per heavy atom. The van der Waals surface area contributed by atoms with Crippen LogP contribution in [0.3, 0.4) is 0 Å². The van der Waals surface area contributed by atoms with Crippen molar-refractivity contribution >= 4 is 11.9 Å². The number of esters is 1. The third kappa shape index (κ3) is 2.03. The fourth-order valence-corrected chi connectivity index (χ4v) is 1.34. The molecular formula is C9H11NO4. The predicted molar refractivity (Wildman–Crippen MR) is 46.7 cm³/mol. The van der Waals surface area contributed by atoms with Crippen molar-refractivity contribution < 1.29 is 19.4 Å². The van der Waals surface area contributed by atoms with Gasteiger partial charge in [0.05, 0.1) is 13.0 Å². The molecule has 0 aromatic carbocycles. The smallest absolute Gasteiger partial charge is 0.303 e. The number of likely N-dealkylation sites (tertiary alicyclic amines) is 1. The number of amides is 1. The van der Waals surface area contributed by atoms with Crippen molar-refractivity contribution in [2.45, 2.75) is 25.7 Å². The standard InChI is InChI=1S/C9H11NO4/c1-3-4-10-8(12)5-7(9(10)13)14-6(2)11/h1,7,9,13H,4-5H2,2H3/t7-,9?/m1/s1. The minimum absolute atomic E-state index is 0.0115. The lowest BCUT2D eigenvalue weighted by atomic mass is 10.3. The Kier molecular flexibility index (Phi) is 3.10. The Hall–Kier alpha value is -1.54.